The van der Waals surface area contributed by atoms with Gasteiger partial charge in [0.2, 0.25) is 0 Å². The number of hydrogen-bond acceptors (Lipinski definition) is 3. The van der Waals surface area contributed by atoms with E-state index in [-0.39, 0.29) is 6.04 Å². The lowest BCUT2D eigenvalue weighted by Crippen LogP contribution is -2.13. The number of rotatable bonds is 5. The Labute approximate surface area is 138 Å². The summed E-state index contributed by atoms with van der Waals surface area (Å²) in [5, 5.41) is 3.51. The van der Waals surface area contributed by atoms with E-state index in [9.17, 15) is 4.21 Å². The molecule has 2 atom stereocenters. The van der Waals surface area contributed by atoms with Crippen molar-refractivity contribution in [3.63, 3.8) is 0 Å². The molecule has 0 spiro atoms. The minimum Gasteiger partial charge on any atom is -0.373 e. The van der Waals surface area contributed by atoms with Crippen molar-refractivity contribution >= 4 is 16.5 Å². The molecule has 23 heavy (non-hydrogen) atoms. The number of hydrogen-bond donors (Lipinski definition) is 1. The van der Waals surface area contributed by atoms with Gasteiger partial charge in [0.05, 0.1) is 11.7 Å². The maximum Gasteiger partial charge on any atom is 0.0940 e. The van der Waals surface area contributed by atoms with E-state index >= 15 is 0 Å². The van der Waals surface area contributed by atoms with Crippen LogP contribution in [-0.4, -0.2) is 15.4 Å². The minimum atomic E-state index is -0.999. The van der Waals surface area contributed by atoms with Crippen molar-refractivity contribution in [2.45, 2.75) is 10.9 Å². The van der Waals surface area contributed by atoms with Gasteiger partial charge in [0.25, 0.3) is 0 Å². The molecule has 0 radical (unpaired) electrons. The van der Waals surface area contributed by atoms with Gasteiger partial charge >= 0.3 is 0 Å². The summed E-state index contributed by atoms with van der Waals surface area (Å²) >= 11 is 0. The van der Waals surface area contributed by atoms with E-state index < -0.39 is 10.8 Å². The highest BCUT2D eigenvalue weighted by atomic mass is 32.2. The second kappa shape index (κ2) is 7.20. The molecule has 1 heterocycles. The highest BCUT2D eigenvalue weighted by Crippen LogP contribution is 2.26. The lowest BCUT2D eigenvalue weighted by molar-refractivity contribution is 0.687. The fraction of sp³-hybridized carbons (Fsp3) is 0.105. The summed E-state index contributed by atoms with van der Waals surface area (Å²) in [7, 11) is -0.999. The SMILES string of the molecule is CS(=O)c1cccc(NC(c2ccccc2)c2ccccn2)c1. The molecule has 2 unspecified atom stereocenters. The molecule has 0 bridgehead atoms. The van der Waals surface area contributed by atoms with Crippen LogP contribution in [0.2, 0.25) is 0 Å². The number of nitrogens with zero attached hydrogens (tertiary/aromatic N) is 1. The Hall–Kier alpha value is -2.46. The lowest BCUT2D eigenvalue weighted by Gasteiger charge is -2.20. The summed E-state index contributed by atoms with van der Waals surface area (Å²) in [4.78, 5) is 5.29. The lowest BCUT2D eigenvalue weighted by atomic mass is 10.0. The van der Waals surface area contributed by atoms with E-state index in [1.165, 1.54) is 0 Å². The molecule has 0 fully saturated rings. The molecular weight excluding hydrogens is 304 g/mol. The van der Waals surface area contributed by atoms with Crippen LogP contribution < -0.4 is 5.32 Å². The van der Waals surface area contributed by atoms with E-state index in [2.05, 4.69) is 22.4 Å². The van der Waals surface area contributed by atoms with Crippen LogP contribution in [0, 0.1) is 0 Å². The van der Waals surface area contributed by atoms with E-state index in [0.717, 1.165) is 21.8 Å². The molecule has 0 saturated carbocycles. The van der Waals surface area contributed by atoms with Gasteiger partial charge in [-0.1, -0.05) is 42.5 Å². The van der Waals surface area contributed by atoms with Crippen LogP contribution in [0.25, 0.3) is 0 Å². The maximum atomic E-state index is 11.7. The normalized spacial score (nSPS) is 13.3. The van der Waals surface area contributed by atoms with Gasteiger partial charge in [0.15, 0.2) is 0 Å². The van der Waals surface area contributed by atoms with Gasteiger partial charge in [-0.15, -0.1) is 0 Å². The number of benzene rings is 2. The highest BCUT2D eigenvalue weighted by Gasteiger charge is 2.15. The van der Waals surface area contributed by atoms with Crippen LogP contribution in [-0.2, 0) is 10.8 Å². The minimum absolute atomic E-state index is 0.0575. The third-order valence-electron chi connectivity index (χ3n) is 3.59. The Morgan fingerprint density at radius 3 is 2.43 bits per heavy atom. The molecule has 0 aliphatic carbocycles. The van der Waals surface area contributed by atoms with Crippen LogP contribution in [0.15, 0.2) is 83.9 Å². The van der Waals surface area contributed by atoms with Crippen molar-refractivity contribution in [3.05, 3.63) is 90.3 Å². The molecule has 0 amide bonds. The standard InChI is InChI=1S/C19H18N2OS/c1-23(22)17-11-7-10-16(14-17)21-19(15-8-3-2-4-9-15)18-12-5-6-13-20-18/h2-14,19,21H,1H3. The fourth-order valence-corrected chi connectivity index (χ4v) is 3.01. The smallest absolute Gasteiger partial charge is 0.0940 e. The summed E-state index contributed by atoms with van der Waals surface area (Å²) in [6.07, 6.45) is 3.48. The Bertz CT molecular complexity index is 751. The van der Waals surface area contributed by atoms with Gasteiger partial charge in [0.1, 0.15) is 0 Å². The molecule has 0 aliphatic rings. The number of pyridine rings is 1. The number of anilines is 1. The van der Waals surface area contributed by atoms with Crippen molar-refractivity contribution in [3.8, 4) is 0 Å². The summed E-state index contributed by atoms with van der Waals surface area (Å²) in [5.74, 6) is 0. The van der Waals surface area contributed by atoms with Gasteiger partial charge < -0.3 is 5.32 Å². The first-order chi connectivity index (χ1) is 11.2. The third kappa shape index (κ3) is 3.85. The first-order valence-corrected chi connectivity index (χ1v) is 8.96. The zero-order valence-electron chi connectivity index (χ0n) is 12.8. The topological polar surface area (TPSA) is 42.0 Å². The third-order valence-corrected chi connectivity index (χ3v) is 4.51. The molecule has 3 rings (SSSR count). The van der Waals surface area contributed by atoms with E-state index in [1.807, 2.05) is 60.7 Å². The molecule has 2 aromatic carbocycles. The fourth-order valence-electron chi connectivity index (χ4n) is 2.45. The zero-order valence-corrected chi connectivity index (χ0v) is 13.7. The van der Waals surface area contributed by atoms with Gasteiger partial charge in [-0.25, -0.2) is 0 Å². The molecule has 1 N–H and O–H groups in total. The van der Waals surface area contributed by atoms with Gasteiger partial charge in [0, 0.05) is 33.8 Å². The van der Waals surface area contributed by atoms with Crippen LogP contribution in [0.1, 0.15) is 17.3 Å². The molecule has 4 heteroatoms. The van der Waals surface area contributed by atoms with Gasteiger partial charge in [-0.3, -0.25) is 9.19 Å². The average Bonchev–Trinajstić information content (AvgIpc) is 2.61. The van der Waals surface area contributed by atoms with Crippen molar-refractivity contribution < 1.29 is 4.21 Å². The van der Waals surface area contributed by atoms with Crippen LogP contribution >= 0.6 is 0 Å². The molecular formula is C19H18N2OS. The molecule has 1 aromatic heterocycles. The van der Waals surface area contributed by atoms with Crippen molar-refractivity contribution in [1.29, 1.82) is 0 Å². The van der Waals surface area contributed by atoms with Crippen LogP contribution in [0.3, 0.4) is 0 Å². The monoisotopic (exact) mass is 322 g/mol. The average molecular weight is 322 g/mol. The molecule has 116 valence electrons. The van der Waals surface area contributed by atoms with Gasteiger partial charge in [-0.2, -0.15) is 0 Å². The molecule has 3 aromatic rings. The highest BCUT2D eigenvalue weighted by molar-refractivity contribution is 7.84. The zero-order chi connectivity index (χ0) is 16.1. The molecule has 3 nitrogen and oxygen atoms in total. The predicted octanol–water partition coefficient (Wildman–Crippen LogP) is 4.02. The van der Waals surface area contributed by atoms with E-state index in [1.54, 1.807) is 12.5 Å². The van der Waals surface area contributed by atoms with Crippen LogP contribution in [0.4, 0.5) is 5.69 Å². The first-order valence-electron chi connectivity index (χ1n) is 7.40. The van der Waals surface area contributed by atoms with Crippen LogP contribution in [0.5, 0.6) is 0 Å². The summed E-state index contributed by atoms with van der Waals surface area (Å²) in [5.41, 5.74) is 3.01. The Morgan fingerprint density at radius 1 is 0.957 bits per heavy atom. The van der Waals surface area contributed by atoms with Gasteiger partial charge in [-0.05, 0) is 35.9 Å². The first kappa shape index (κ1) is 15.4. The van der Waals surface area contributed by atoms with Crippen molar-refractivity contribution in [1.82, 2.24) is 4.98 Å². The predicted molar refractivity (Wildman–Crippen MR) is 94.9 cm³/mol. The molecule has 0 aliphatic heterocycles. The van der Waals surface area contributed by atoms with E-state index in [0.29, 0.717) is 0 Å². The number of aromatic nitrogens is 1. The Kier molecular flexibility index (Phi) is 4.83. The van der Waals surface area contributed by atoms with E-state index in [4.69, 9.17) is 0 Å². The Morgan fingerprint density at radius 2 is 1.74 bits per heavy atom. The quantitative estimate of drug-likeness (QED) is 0.771. The number of nitrogens with one attached hydrogen (secondary N) is 1. The second-order valence-corrected chi connectivity index (χ2v) is 6.60. The maximum absolute atomic E-state index is 11.7. The summed E-state index contributed by atoms with van der Waals surface area (Å²) in [6.45, 7) is 0. The molecule has 0 saturated heterocycles. The largest absolute Gasteiger partial charge is 0.373 e. The second-order valence-electron chi connectivity index (χ2n) is 5.22. The summed E-state index contributed by atoms with van der Waals surface area (Å²) in [6, 6.07) is 23.7. The summed E-state index contributed by atoms with van der Waals surface area (Å²) < 4.78 is 11.7. The van der Waals surface area contributed by atoms with Crippen molar-refractivity contribution in [2.24, 2.45) is 0 Å². The van der Waals surface area contributed by atoms with Crippen molar-refractivity contribution in [2.75, 3.05) is 11.6 Å². The Balaban J connectivity index is 1.97.